The van der Waals surface area contributed by atoms with E-state index in [1.165, 1.54) is 25.1 Å². The average molecular weight is 499 g/mol. The van der Waals surface area contributed by atoms with Crippen molar-refractivity contribution in [1.82, 2.24) is 0 Å². The molecule has 1 N–H and O–H groups in total. The Labute approximate surface area is 202 Å². The van der Waals surface area contributed by atoms with Gasteiger partial charge in [0.25, 0.3) is 5.91 Å². The van der Waals surface area contributed by atoms with Gasteiger partial charge in [-0.25, -0.2) is 13.4 Å². The summed E-state index contributed by atoms with van der Waals surface area (Å²) in [5.74, 6) is 0.633. The molecule has 2 aromatic rings. The summed E-state index contributed by atoms with van der Waals surface area (Å²) < 4.78 is 35.0. The number of amides is 1. The van der Waals surface area contributed by atoms with E-state index >= 15 is 0 Å². The summed E-state index contributed by atoms with van der Waals surface area (Å²) in [6.45, 7) is 0. The van der Waals surface area contributed by atoms with Crippen LogP contribution in [0.2, 0.25) is 0 Å². The predicted molar refractivity (Wildman–Crippen MR) is 132 cm³/mol. The van der Waals surface area contributed by atoms with Crippen molar-refractivity contribution in [2.24, 2.45) is 4.99 Å². The van der Waals surface area contributed by atoms with Crippen LogP contribution < -0.4 is 19.7 Å². The monoisotopic (exact) mass is 498 g/mol. The number of carbonyl (C=O) groups is 1. The van der Waals surface area contributed by atoms with Gasteiger partial charge in [-0.05, 0) is 24.3 Å². The first-order chi connectivity index (χ1) is 16.3. The molecule has 2 aromatic carbocycles. The summed E-state index contributed by atoms with van der Waals surface area (Å²) in [7, 11) is -0.0926. The van der Waals surface area contributed by atoms with Gasteiger partial charge in [0.15, 0.2) is 15.0 Å². The third-order valence-corrected chi connectivity index (χ3v) is 8.62. The zero-order valence-electron chi connectivity index (χ0n) is 18.5. The third-order valence-electron chi connectivity index (χ3n) is 5.39. The van der Waals surface area contributed by atoms with Gasteiger partial charge in [0.2, 0.25) is 0 Å². The van der Waals surface area contributed by atoms with Crippen LogP contribution in [-0.4, -0.2) is 56.5 Å². The number of fused-ring (bicyclic) bond motifs is 1. The summed E-state index contributed by atoms with van der Waals surface area (Å²) in [6, 6.07) is 15.6. The molecule has 34 heavy (non-hydrogen) atoms. The SMILES string of the molecule is COc1cccc(NC(=O)/C(C#N)=C/N=C2SC3CS(=O)(=O)CC3N2c2cccc(OC)c2)c1. The number of thioether (sulfide) groups is 1. The predicted octanol–water partition coefficient (Wildman–Crippen LogP) is 2.82. The minimum absolute atomic E-state index is 0.00600. The fraction of sp³-hybridized carbons (Fsp3) is 0.261. The number of benzene rings is 2. The Bertz CT molecular complexity index is 1320. The first kappa shape index (κ1) is 23.7. The highest BCUT2D eigenvalue weighted by Crippen LogP contribution is 2.41. The number of anilines is 2. The Morgan fingerprint density at radius 1 is 1.18 bits per heavy atom. The Morgan fingerprint density at radius 3 is 2.59 bits per heavy atom. The van der Waals surface area contributed by atoms with Crippen molar-refractivity contribution in [2.45, 2.75) is 11.3 Å². The number of nitrogens with one attached hydrogen (secondary N) is 1. The molecule has 2 aliphatic rings. The number of rotatable bonds is 6. The molecule has 2 saturated heterocycles. The molecule has 0 aliphatic carbocycles. The summed E-state index contributed by atoms with van der Waals surface area (Å²) in [4.78, 5) is 18.9. The maximum absolute atomic E-state index is 12.6. The smallest absolute Gasteiger partial charge is 0.267 e. The van der Waals surface area contributed by atoms with Gasteiger partial charge in [0, 0.05) is 28.8 Å². The lowest BCUT2D eigenvalue weighted by atomic mass is 10.2. The van der Waals surface area contributed by atoms with E-state index in [4.69, 9.17) is 9.47 Å². The Kier molecular flexibility index (Phi) is 6.81. The number of amidine groups is 1. The van der Waals surface area contributed by atoms with Gasteiger partial charge >= 0.3 is 0 Å². The molecule has 0 bridgehead atoms. The topological polar surface area (TPSA) is 121 Å². The van der Waals surface area contributed by atoms with Gasteiger partial charge in [0.05, 0.1) is 38.0 Å². The fourth-order valence-electron chi connectivity index (χ4n) is 3.80. The lowest BCUT2D eigenvalue weighted by molar-refractivity contribution is -0.112. The summed E-state index contributed by atoms with van der Waals surface area (Å²) in [5.41, 5.74) is 1.01. The van der Waals surface area contributed by atoms with E-state index in [0.29, 0.717) is 22.4 Å². The number of hydrogen-bond acceptors (Lipinski definition) is 8. The molecule has 176 valence electrons. The molecule has 9 nitrogen and oxygen atoms in total. The van der Waals surface area contributed by atoms with Gasteiger partial charge in [-0.3, -0.25) is 4.79 Å². The Morgan fingerprint density at radius 2 is 1.88 bits per heavy atom. The molecule has 1 amide bonds. The molecule has 0 saturated carbocycles. The van der Waals surface area contributed by atoms with Crippen molar-refractivity contribution in [3.8, 4) is 17.6 Å². The largest absolute Gasteiger partial charge is 0.497 e. The van der Waals surface area contributed by atoms with Crippen molar-refractivity contribution in [3.63, 3.8) is 0 Å². The fourth-order valence-corrected chi connectivity index (χ4v) is 7.69. The highest BCUT2D eigenvalue weighted by molar-refractivity contribution is 8.16. The number of ether oxygens (including phenoxy) is 2. The molecular weight excluding hydrogens is 476 g/mol. The molecule has 2 heterocycles. The molecule has 11 heteroatoms. The van der Waals surface area contributed by atoms with Crippen LogP contribution >= 0.6 is 11.8 Å². The molecule has 0 aromatic heterocycles. The molecular formula is C23H22N4O5S2. The molecule has 4 rings (SSSR count). The number of hydrogen-bond donors (Lipinski definition) is 1. The number of nitrogens with zero attached hydrogens (tertiary/aromatic N) is 3. The lowest BCUT2D eigenvalue weighted by Crippen LogP contribution is -2.37. The molecule has 0 radical (unpaired) electrons. The lowest BCUT2D eigenvalue weighted by Gasteiger charge is -2.24. The standard InChI is InChI=1S/C23H22N4O5S2/c1-31-18-7-3-5-16(9-18)26-22(28)15(11-24)12-25-23-27(17-6-4-8-19(10-17)32-2)20-13-34(29,30)14-21(20)33-23/h3-10,12,20-21H,13-14H2,1-2H3,(H,26,28)/b15-12+,25-23?. The van der Waals surface area contributed by atoms with Crippen LogP contribution in [0.1, 0.15) is 0 Å². The van der Waals surface area contributed by atoms with Crippen molar-refractivity contribution >= 4 is 44.0 Å². The van der Waals surface area contributed by atoms with Crippen molar-refractivity contribution in [1.29, 1.82) is 5.26 Å². The van der Waals surface area contributed by atoms with E-state index in [0.717, 1.165) is 5.69 Å². The third kappa shape index (κ3) is 5.03. The van der Waals surface area contributed by atoms with E-state index < -0.39 is 15.7 Å². The molecule has 2 aliphatic heterocycles. The number of nitriles is 1. The van der Waals surface area contributed by atoms with E-state index in [1.54, 1.807) is 43.5 Å². The van der Waals surface area contributed by atoms with Gasteiger partial charge in [-0.2, -0.15) is 5.26 Å². The Hall–Kier alpha value is -3.49. The van der Waals surface area contributed by atoms with E-state index in [1.807, 2.05) is 23.1 Å². The zero-order valence-corrected chi connectivity index (χ0v) is 20.1. The second kappa shape index (κ2) is 9.79. The number of methoxy groups -OCH3 is 2. The van der Waals surface area contributed by atoms with E-state index in [-0.39, 0.29) is 28.4 Å². The van der Waals surface area contributed by atoms with Crippen molar-refractivity contribution in [2.75, 3.05) is 35.9 Å². The first-order valence-electron chi connectivity index (χ1n) is 10.3. The van der Waals surface area contributed by atoms with Crippen molar-refractivity contribution in [3.05, 3.63) is 60.3 Å². The average Bonchev–Trinajstić information content (AvgIpc) is 3.30. The van der Waals surface area contributed by atoms with Crippen molar-refractivity contribution < 1.29 is 22.7 Å². The molecule has 2 unspecified atom stereocenters. The van der Waals surface area contributed by atoms with Gasteiger partial charge in [0.1, 0.15) is 23.1 Å². The van der Waals surface area contributed by atoms with Crippen LogP contribution in [0.4, 0.5) is 11.4 Å². The zero-order chi connectivity index (χ0) is 24.3. The highest BCUT2D eigenvalue weighted by atomic mass is 32.2. The van der Waals surface area contributed by atoms with E-state index in [2.05, 4.69) is 10.3 Å². The van der Waals surface area contributed by atoms with Crippen LogP contribution in [0.15, 0.2) is 65.3 Å². The summed E-state index contributed by atoms with van der Waals surface area (Å²) in [5, 5.41) is 12.5. The quantitative estimate of drug-likeness (QED) is 0.477. The second-order valence-electron chi connectivity index (χ2n) is 7.62. The second-order valence-corrected chi connectivity index (χ2v) is 11.0. The number of sulfone groups is 1. The maximum atomic E-state index is 12.6. The van der Waals surface area contributed by atoms with Gasteiger partial charge in [-0.1, -0.05) is 23.9 Å². The van der Waals surface area contributed by atoms with Crippen LogP contribution in [0.3, 0.4) is 0 Å². The number of carbonyl (C=O) groups excluding carboxylic acids is 1. The molecule has 2 fully saturated rings. The minimum atomic E-state index is -3.17. The number of aliphatic imine (C=N–C) groups is 1. The Balaban J connectivity index is 1.63. The van der Waals surface area contributed by atoms with Crippen LogP contribution in [-0.2, 0) is 14.6 Å². The van der Waals surface area contributed by atoms with E-state index in [9.17, 15) is 18.5 Å². The minimum Gasteiger partial charge on any atom is -0.497 e. The van der Waals surface area contributed by atoms with Crippen LogP contribution in [0, 0.1) is 11.3 Å². The maximum Gasteiger partial charge on any atom is 0.267 e. The van der Waals surface area contributed by atoms with Crippen LogP contribution in [0.5, 0.6) is 11.5 Å². The molecule has 2 atom stereocenters. The first-order valence-corrected chi connectivity index (χ1v) is 13.0. The highest BCUT2D eigenvalue weighted by Gasteiger charge is 2.49. The molecule has 0 spiro atoms. The van der Waals surface area contributed by atoms with Crippen LogP contribution in [0.25, 0.3) is 0 Å². The summed E-state index contributed by atoms with van der Waals surface area (Å²) >= 11 is 1.33. The normalized spacial score (nSPS) is 22.2. The van der Waals surface area contributed by atoms with Gasteiger partial charge < -0.3 is 19.7 Å². The summed E-state index contributed by atoms with van der Waals surface area (Å²) in [6.07, 6.45) is 1.21. The van der Waals surface area contributed by atoms with Gasteiger partial charge in [-0.15, -0.1) is 0 Å².